The first-order chi connectivity index (χ1) is 44.6. The van der Waals surface area contributed by atoms with E-state index in [2.05, 4.69) is 324 Å². The minimum absolute atomic E-state index is 0.554. The van der Waals surface area contributed by atoms with Gasteiger partial charge in [-0.05, 0) is 6.07 Å². The predicted molar refractivity (Wildman–Crippen MR) is 376 cm³/mol. The number of hydrogen-bond acceptors (Lipinski definition) is 4. The Balaban J connectivity index is 0.882. The van der Waals surface area contributed by atoms with E-state index in [1.807, 2.05) is 18.3 Å². The minimum atomic E-state index is -3.89. The molecule has 0 saturated heterocycles. The summed E-state index contributed by atoms with van der Waals surface area (Å²) in [5, 5.41) is 2.32. The molecule has 15 aromatic rings. The first-order valence-corrected chi connectivity index (χ1v) is 35.1. The Labute approximate surface area is 525 Å². The van der Waals surface area contributed by atoms with Crippen molar-refractivity contribution in [1.82, 2.24) is 9.55 Å². The Morgan fingerprint density at radius 3 is 1.32 bits per heavy atom. The standard InChI is InChI=1S/C84H56GeN4O/c1-5-23-56(24-6-1)60-47-61(57-25-7-2-8-26-57)50-64(49-60)68-34-21-35-69(65-51-62(58-27-9-3-10-28-58)48-63(52-65)59-29-11-4-12-30-59)83(68)87-55-88-81-54-67(90-66-42-44-73-72-33-15-18-39-78(72)89(80(73)53-66)82-41-19-20-46-86-82)43-45-76(81)85(77-38-22-40-79(87)84(77)88)74-36-16-13-31-70(74)71-32-14-17-37-75(71)85/h1-54H,55H2. The average molecular weight is 1210 g/mol. The van der Waals surface area contributed by atoms with Crippen LogP contribution in [0.5, 0.6) is 11.5 Å². The van der Waals surface area contributed by atoms with E-state index in [0.717, 1.165) is 83.9 Å². The van der Waals surface area contributed by atoms with Crippen molar-refractivity contribution in [2.75, 3.05) is 16.5 Å². The average Bonchev–Trinajstić information content (AvgIpc) is 1.47. The third-order valence-electron chi connectivity index (χ3n) is 18.9. The second kappa shape index (κ2) is 21.0. The number of rotatable bonds is 10. The molecular formula is C84H56GeN4O. The zero-order valence-electron chi connectivity index (χ0n) is 49.1. The third kappa shape index (κ3) is 8.20. The number of hydrogen-bond donors (Lipinski definition) is 0. The van der Waals surface area contributed by atoms with Gasteiger partial charge in [0.1, 0.15) is 0 Å². The number of aromatic nitrogens is 2. The summed E-state index contributed by atoms with van der Waals surface area (Å²) in [5.74, 6) is 2.40. The van der Waals surface area contributed by atoms with Crippen molar-refractivity contribution in [3.63, 3.8) is 0 Å². The van der Waals surface area contributed by atoms with E-state index < -0.39 is 13.3 Å². The second-order valence-corrected chi connectivity index (χ2v) is 31.4. The van der Waals surface area contributed by atoms with Crippen molar-refractivity contribution in [2.24, 2.45) is 0 Å². The van der Waals surface area contributed by atoms with E-state index in [0.29, 0.717) is 6.67 Å². The van der Waals surface area contributed by atoms with Gasteiger partial charge in [0.15, 0.2) is 0 Å². The molecule has 5 heterocycles. The molecular weight excluding hydrogens is 1150 g/mol. The Hall–Kier alpha value is -11.2. The van der Waals surface area contributed by atoms with Gasteiger partial charge in [0.2, 0.25) is 0 Å². The summed E-state index contributed by atoms with van der Waals surface area (Å²) in [4.78, 5) is 10.1. The van der Waals surface area contributed by atoms with Gasteiger partial charge in [-0.25, -0.2) is 0 Å². The Morgan fingerprint density at radius 2 is 0.744 bits per heavy atom. The Kier molecular flexibility index (Phi) is 12.1. The number of nitrogens with zero attached hydrogens (tertiary/aromatic N) is 4. The second-order valence-electron chi connectivity index (χ2n) is 23.8. The zero-order chi connectivity index (χ0) is 59.3. The van der Waals surface area contributed by atoms with Crippen molar-refractivity contribution in [3.8, 4) is 95.2 Å². The molecule has 0 saturated carbocycles. The summed E-state index contributed by atoms with van der Waals surface area (Å²) in [5.41, 5.74) is 23.5. The fourth-order valence-corrected chi connectivity index (χ4v) is 26.7. The van der Waals surface area contributed by atoms with E-state index in [1.165, 1.54) is 73.4 Å². The number of anilines is 4. The molecule has 2 aromatic heterocycles. The van der Waals surface area contributed by atoms with E-state index in [4.69, 9.17) is 9.72 Å². The van der Waals surface area contributed by atoms with Gasteiger partial charge in [0.05, 0.1) is 0 Å². The molecule has 1 spiro atoms. The quantitative estimate of drug-likeness (QED) is 0.128. The monoisotopic (exact) mass is 1210 g/mol. The van der Waals surface area contributed by atoms with Gasteiger partial charge in [-0.15, -0.1) is 0 Å². The fourth-order valence-electron chi connectivity index (χ4n) is 15.0. The predicted octanol–water partition coefficient (Wildman–Crippen LogP) is 18.9. The van der Waals surface area contributed by atoms with Crippen molar-refractivity contribution in [2.45, 2.75) is 0 Å². The Bertz CT molecular complexity index is 5010. The van der Waals surface area contributed by atoms with Gasteiger partial charge >= 0.3 is 499 Å². The molecule has 422 valence electrons. The summed E-state index contributed by atoms with van der Waals surface area (Å²) < 4.78 is 15.2. The molecule has 0 fully saturated rings. The van der Waals surface area contributed by atoms with Gasteiger partial charge < -0.3 is 0 Å². The molecule has 0 N–H and O–H groups in total. The van der Waals surface area contributed by atoms with E-state index >= 15 is 0 Å². The molecule has 0 radical (unpaired) electrons. The van der Waals surface area contributed by atoms with Crippen LogP contribution in [0.4, 0.5) is 22.7 Å². The van der Waals surface area contributed by atoms with Crippen LogP contribution >= 0.6 is 0 Å². The van der Waals surface area contributed by atoms with E-state index in [1.54, 1.807) is 0 Å². The van der Waals surface area contributed by atoms with Gasteiger partial charge in [-0.1, -0.05) is 24.3 Å². The number of fused-ring (bicyclic) bond motifs is 12. The third-order valence-corrected chi connectivity index (χ3v) is 29.2. The molecule has 90 heavy (non-hydrogen) atoms. The number of benzene rings is 13. The normalized spacial score (nSPS) is 13.1. The first kappa shape index (κ1) is 51.9. The summed E-state index contributed by atoms with van der Waals surface area (Å²) in [6, 6.07) is 119. The SMILES string of the molecule is c1ccc(-c2cc(-c3ccccc3)cc(-c3cccc(-c4cc(-c5ccccc5)cc(-c5ccccc5)c4)c3N3CN4c5cc(Oc6ccc7c8ccccc8n(-c8ccccn8)c7c6)cc[c]5[Ge]5([c]6ccccc6-c6cccc[c]65)[c]5cccc3c54)c2)cc1. The molecule has 0 bridgehead atoms. The topological polar surface area (TPSA) is 33.5 Å². The van der Waals surface area contributed by atoms with Gasteiger partial charge in [0.25, 0.3) is 0 Å². The van der Waals surface area contributed by atoms with Crippen LogP contribution < -0.4 is 32.1 Å². The molecule has 0 atom stereocenters. The first-order valence-electron chi connectivity index (χ1n) is 30.9. The molecule has 13 aromatic carbocycles. The zero-order valence-corrected chi connectivity index (χ0v) is 51.2. The summed E-state index contributed by atoms with van der Waals surface area (Å²) in [6.45, 7) is 0.554. The van der Waals surface area contributed by atoms with Crippen molar-refractivity contribution in [3.05, 3.63) is 328 Å². The summed E-state index contributed by atoms with van der Waals surface area (Å²) >= 11 is -3.89. The molecule has 3 aliphatic heterocycles. The van der Waals surface area contributed by atoms with Crippen LogP contribution in [0.2, 0.25) is 0 Å². The molecule has 0 aliphatic carbocycles. The van der Waals surface area contributed by atoms with Crippen molar-refractivity contribution >= 4 is 75.4 Å². The van der Waals surface area contributed by atoms with Crippen molar-refractivity contribution in [1.29, 1.82) is 0 Å². The number of para-hydroxylation sites is 3. The van der Waals surface area contributed by atoms with Crippen LogP contribution in [0.1, 0.15) is 0 Å². The van der Waals surface area contributed by atoms with Crippen molar-refractivity contribution < 1.29 is 4.74 Å². The van der Waals surface area contributed by atoms with E-state index in [-0.39, 0.29) is 0 Å². The number of ether oxygens (including phenoxy) is 1. The maximum absolute atomic E-state index is 7.23. The van der Waals surface area contributed by atoms with Crippen LogP contribution in [0, 0.1) is 0 Å². The van der Waals surface area contributed by atoms with Crippen LogP contribution in [0.15, 0.2) is 328 Å². The molecule has 0 unspecified atom stereocenters. The number of pyridine rings is 1. The van der Waals surface area contributed by atoms with Crippen LogP contribution in [0.25, 0.3) is 106 Å². The molecule has 18 rings (SSSR count). The van der Waals surface area contributed by atoms with E-state index in [9.17, 15) is 0 Å². The fraction of sp³-hybridized carbons (Fsp3) is 0.0119. The molecule has 5 nitrogen and oxygen atoms in total. The van der Waals surface area contributed by atoms with Gasteiger partial charge in [0, 0.05) is 0 Å². The van der Waals surface area contributed by atoms with Crippen LogP contribution in [-0.2, 0) is 0 Å². The Morgan fingerprint density at radius 1 is 0.289 bits per heavy atom. The van der Waals surface area contributed by atoms with Crippen LogP contribution in [0.3, 0.4) is 0 Å². The van der Waals surface area contributed by atoms with Gasteiger partial charge in [-0.2, -0.15) is 0 Å². The summed E-state index contributed by atoms with van der Waals surface area (Å²) in [6.07, 6.45) is 1.86. The summed E-state index contributed by atoms with van der Waals surface area (Å²) in [7, 11) is 0. The van der Waals surface area contributed by atoms with Crippen LogP contribution in [-0.4, -0.2) is 29.5 Å². The molecule has 3 aliphatic rings. The maximum atomic E-state index is 7.23. The van der Waals surface area contributed by atoms with Gasteiger partial charge in [-0.3, -0.25) is 0 Å². The molecule has 0 amide bonds. The molecule has 6 heteroatoms.